The molecule has 1 N–H and O–H groups in total. The molecule has 2 aromatic carbocycles. The minimum atomic E-state index is -2.11. The predicted octanol–water partition coefficient (Wildman–Crippen LogP) is 3.55. The van der Waals surface area contributed by atoms with E-state index in [9.17, 15) is 4.79 Å². The molecule has 0 unspecified atom stereocenters. The molecule has 2 aromatic rings. The van der Waals surface area contributed by atoms with E-state index in [4.69, 9.17) is 3.07 Å². The molecule has 2 rings (SSSR count). The zero-order chi connectivity index (χ0) is 13.5. The molecule has 19 heavy (non-hydrogen) atoms. The molecule has 0 radical (unpaired) electrons. The Hall–Kier alpha value is -1.40. The molecule has 0 saturated heterocycles. The van der Waals surface area contributed by atoms with E-state index in [1.807, 2.05) is 48.5 Å². The van der Waals surface area contributed by atoms with Crippen LogP contribution in [0.5, 0.6) is 0 Å². The monoisotopic (exact) mass is 369 g/mol. The van der Waals surface area contributed by atoms with E-state index < -0.39 is 20.5 Å². The van der Waals surface area contributed by atoms with Gasteiger partial charge in [-0.2, -0.15) is 0 Å². The van der Waals surface area contributed by atoms with Crippen molar-refractivity contribution >= 4 is 26.5 Å². The summed E-state index contributed by atoms with van der Waals surface area (Å²) in [4.78, 5) is 11.2. The van der Waals surface area contributed by atoms with Crippen LogP contribution in [0.15, 0.2) is 60.7 Å². The van der Waals surface area contributed by atoms with Crippen LogP contribution in [-0.2, 0) is 14.4 Å². The second-order valence-corrected chi connectivity index (χ2v) is 7.78. The van der Waals surface area contributed by atoms with Gasteiger partial charge in [-0.05, 0) is 0 Å². The number of halogens is 1. The Labute approximate surface area is 121 Å². The Bertz CT molecular complexity index is 516. The van der Waals surface area contributed by atoms with Crippen LogP contribution in [0.4, 0.5) is 0 Å². The van der Waals surface area contributed by atoms with Crippen molar-refractivity contribution in [1.82, 2.24) is 3.53 Å². The topological polar surface area (TPSA) is 38.3 Å². The predicted molar refractivity (Wildman–Crippen MR) is 84.2 cm³/mol. The first-order valence-electron chi connectivity index (χ1n) is 5.97. The summed E-state index contributed by atoms with van der Waals surface area (Å²) in [5.41, 5.74) is 1.19. The molecule has 100 valence electrons. The van der Waals surface area contributed by atoms with E-state index in [2.05, 4.69) is 15.7 Å². The molecule has 0 atom stereocenters. The Morgan fingerprint density at radius 1 is 1.05 bits per heavy atom. The molecular formula is C15H16INO2. The van der Waals surface area contributed by atoms with Crippen LogP contribution in [-0.4, -0.2) is 5.97 Å². The van der Waals surface area contributed by atoms with Crippen molar-refractivity contribution in [3.05, 3.63) is 69.8 Å². The molecule has 0 aliphatic rings. The van der Waals surface area contributed by atoms with Crippen LogP contribution in [0.25, 0.3) is 0 Å². The molecule has 4 heteroatoms. The summed E-state index contributed by atoms with van der Waals surface area (Å²) in [6.45, 7) is 2.17. The quantitative estimate of drug-likeness (QED) is 0.647. The van der Waals surface area contributed by atoms with Gasteiger partial charge in [-0.3, -0.25) is 0 Å². The van der Waals surface area contributed by atoms with Gasteiger partial charge in [0.15, 0.2) is 0 Å². The molecule has 0 saturated carbocycles. The number of carbonyl (C=O) groups is 1. The zero-order valence-corrected chi connectivity index (χ0v) is 12.8. The second-order valence-electron chi connectivity index (χ2n) is 3.91. The van der Waals surface area contributed by atoms with Crippen molar-refractivity contribution in [3.63, 3.8) is 0 Å². The number of rotatable bonds is 5. The van der Waals surface area contributed by atoms with Gasteiger partial charge in [-0.25, -0.2) is 0 Å². The summed E-state index contributed by atoms with van der Waals surface area (Å²) in [5, 5.41) is 0. The first-order chi connectivity index (χ1) is 9.25. The first kappa shape index (κ1) is 14.0. The van der Waals surface area contributed by atoms with Gasteiger partial charge < -0.3 is 0 Å². The number of nitrogens with one attached hydrogen (secondary N) is 1. The van der Waals surface area contributed by atoms with Crippen LogP contribution < -0.4 is 3.53 Å². The van der Waals surface area contributed by atoms with E-state index in [0.717, 1.165) is 3.57 Å². The minimum absolute atomic E-state index is 0.227. The second kappa shape index (κ2) is 7.25. The fraction of sp³-hybridized carbons (Fsp3) is 0.133. The number of hydrogen-bond acceptors (Lipinski definition) is 3. The molecule has 0 spiro atoms. The summed E-state index contributed by atoms with van der Waals surface area (Å²) in [6, 6.07) is 20.0. The maximum absolute atomic E-state index is 11.2. The third kappa shape index (κ3) is 4.65. The van der Waals surface area contributed by atoms with E-state index in [1.165, 1.54) is 12.5 Å². The fourth-order valence-electron chi connectivity index (χ4n) is 1.52. The molecule has 3 nitrogen and oxygen atoms in total. The molecule has 0 fully saturated rings. The van der Waals surface area contributed by atoms with E-state index in [0.29, 0.717) is 6.54 Å². The zero-order valence-electron chi connectivity index (χ0n) is 10.7. The molecule has 0 aromatic heterocycles. The number of hydrogen-bond donors (Lipinski definition) is 1. The van der Waals surface area contributed by atoms with Crippen LogP contribution in [0, 0.1) is 3.57 Å². The molecular weight excluding hydrogens is 353 g/mol. The third-order valence-corrected chi connectivity index (χ3v) is 6.34. The number of benzene rings is 2. The van der Waals surface area contributed by atoms with Crippen LogP contribution in [0.1, 0.15) is 12.5 Å². The van der Waals surface area contributed by atoms with E-state index >= 15 is 0 Å². The van der Waals surface area contributed by atoms with Crippen molar-refractivity contribution in [1.29, 1.82) is 0 Å². The Morgan fingerprint density at radius 3 is 2.21 bits per heavy atom. The molecule has 0 bridgehead atoms. The summed E-state index contributed by atoms with van der Waals surface area (Å²) >= 11 is -2.11. The average molecular weight is 369 g/mol. The maximum atomic E-state index is 11.2. The molecule has 0 aliphatic carbocycles. The van der Waals surface area contributed by atoms with Crippen LogP contribution >= 0.6 is 20.5 Å². The molecule has 0 heterocycles. The summed E-state index contributed by atoms with van der Waals surface area (Å²) < 4.78 is 9.96. The normalized spacial score (nSPS) is 10.9. The first-order valence-corrected chi connectivity index (χ1v) is 9.01. The van der Waals surface area contributed by atoms with E-state index in [-0.39, 0.29) is 5.97 Å². The van der Waals surface area contributed by atoms with Gasteiger partial charge in [0, 0.05) is 0 Å². The van der Waals surface area contributed by atoms with Crippen molar-refractivity contribution < 1.29 is 7.86 Å². The average Bonchev–Trinajstić information content (AvgIpc) is 2.45. The Balaban J connectivity index is 2.04. The summed E-state index contributed by atoms with van der Waals surface area (Å²) in [5.74, 6) is -0.227. The van der Waals surface area contributed by atoms with Crippen molar-refractivity contribution in [2.24, 2.45) is 0 Å². The van der Waals surface area contributed by atoms with Gasteiger partial charge in [-0.1, -0.05) is 0 Å². The van der Waals surface area contributed by atoms with Crippen molar-refractivity contribution in [2.45, 2.75) is 13.5 Å². The van der Waals surface area contributed by atoms with Crippen LogP contribution in [0.3, 0.4) is 0 Å². The van der Waals surface area contributed by atoms with Gasteiger partial charge in [0.25, 0.3) is 0 Å². The van der Waals surface area contributed by atoms with E-state index in [1.54, 1.807) is 0 Å². The van der Waals surface area contributed by atoms with Gasteiger partial charge in [0.05, 0.1) is 0 Å². The fourth-order valence-corrected chi connectivity index (χ4v) is 4.85. The third-order valence-electron chi connectivity index (χ3n) is 2.35. The Morgan fingerprint density at radius 2 is 1.63 bits per heavy atom. The van der Waals surface area contributed by atoms with Gasteiger partial charge >= 0.3 is 121 Å². The van der Waals surface area contributed by atoms with Gasteiger partial charge in [0.2, 0.25) is 0 Å². The van der Waals surface area contributed by atoms with Crippen molar-refractivity contribution in [2.75, 3.05) is 0 Å². The number of carbonyl (C=O) groups excluding carboxylic acids is 1. The molecule has 0 amide bonds. The molecule has 0 aliphatic heterocycles. The summed E-state index contributed by atoms with van der Waals surface area (Å²) in [7, 11) is 0. The van der Waals surface area contributed by atoms with Gasteiger partial charge in [-0.15, -0.1) is 0 Å². The SMILES string of the molecule is CC(=O)OI(NCc1ccccc1)c1ccccc1. The van der Waals surface area contributed by atoms with Crippen molar-refractivity contribution in [3.8, 4) is 0 Å². The standard InChI is InChI=1S/C15H16INO2/c1-13(18)19-16(15-10-6-3-7-11-15)17-12-14-8-4-2-5-9-14/h2-11,17H,12H2,1H3. The van der Waals surface area contributed by atoms with Gasteiger partial charge in [0.1, 0.15) is 0 Å². The van der Waals surface area contributed by atoms with Crippen LogP contribution in [0.2, 0.25) is 0 Å². The Kier molecular flexibility index (Phi) is 5.35. The summed E-state index contributed by atoms with van der Waals surface area (Å²) in [6.07, 6.45) is 0.